The maximum Gasteiger partial charge on any atom is 0.243 e. The van der Waals surface area contributed by atoms with Gasteiger partial charge in [0.25, 0.3) is 0 Å². The number of nitrogens with zero attached hydrogens (tertiary/aromatic N) is 1. The molecule has 1 saturated heterocycles. The normalized spacial score (nSPS) is 14.6. The van der Waals surface area contributed by atoms with Crippen molar-refractivity contribution in [2.75, 3.05) is 40.2 Å². The number of methoxy groups -OCH3 is 1. The molecule has 0 aromatic heterocycles. The fourth-order valence-electron chi connectivity index (χ4n) is 3.36. The lowest BCUT2D eigenvalue weighted by Crippen LogP contribution is -2.50. The van der Waals surface area contributed by atoms with Gasteiger partial charge in [-0.25, -0.2) is 0 Å². The minimum Gasteiger partial charge on any atom is -0.388 e. The fourth-order valence-corrected chi connectivity index (χ4v) is 3.36. The van der Waals surface area contributed by atoms with Crippen LogP contribution in [0, 0.1) is 0 Å². The van der Waals surface area contributed by atoms with Gasteiger partial charge in [0.1, 0.15) is 6.29 Å². The summed E-state index contributed by atoms with van der Waals surface area (Å²) in [5.74, 6) is -0.334. The molecule has 1 aliphatic rings. The quantitative estimate of drug-likeness (QED) is 0.245. The SMILES string of the molecule is CN(C)C1CCC(=O)NC1=O.COC.O=CCCCCCCCCNc1ccc(C=O)c(C=O)c1. The lowest BCUT2D eigenvalue weighted by atomic mass is 10.1. The van der Waals surface area contributed by atoms with Crippen molar-refractivity contribution < 1.29 is 28.7 Å². The van der Waals surface area contributed by atoms with Crippen LogP contribution in [0.2, 0.25) is 0 Å². The minimum atomic E-state index is -0.175. The van der Waals surface area contributed by atoms with Crippen molar-refractivity contribution in [2.24, 2.45) is 0 Å². The van der Waals surface area contributed by atoms with Crippen molar-refractivity contribution in [2.45, 2.75) is 63.8 Å². The Morgan fingerprint density at radius 3 is 2.11 bits per heavy atom. The van der Waals surface area contributed by atoms with Crippen molar-refractivity contribution in [3.63, 3.8) is 0 Å². The second kappa shape index (κ2) is 20.5. The van der Waals surface area contributed by atoms with Crippen LogP contribution in [-0.4, -0.2) is 76.5 Å². The van der Waals surface area contributed by atoms with Crippen LogP contribution in [0.3, 0.4) is 0 Å². The number of rotatable bonds is 13. The van der Waals surface area contributed by atoms with Gasteiger partial charge in [0, 0.05) is 50.4 Å². The fraction of sp³-hybridized carbons (Fsp3) is 0.577. The van der Waals surface area contributed by atoms with Crippen molar-refractivity contribution in [3.05, 3.63) is 29.3 Å². The van der Waals surface area contributed by atoms with Gasteiger partial charge in [0.2, 0.25) is 11.8 Å². The first-order chi connectivity index (χ1) is 16.8. The second-order valence-corrected chi connectivity index (χ2v) is 8.42. The Balaban J connectivity index is 0.000000687. The van der Waals surface area contributed by atoms with Gasteiger partial charge in [-0.3, -0.25) is 29.4 Å². The van der Waals surface area contributed by atoms with E-state index in [1.807, 2.05) is 25.1 Å². The van der Waals surface area contributed by atoms with E-state index < -0.39 is 0 Å². The largest absolute Gasteiger partial charge is 0.388 e. The Hall–Kier alpha value is -2.91. The molecule has 1 fully saturated rings. The van der Waals surface area contributed by atoms with Gasteiger partial charge in [0.15, 0.2) is 12.6 Å². The van der Waals surface area contributed by atoms with E-state index in [1.165, 1.54) is 12.8 Å². The standard InChI is InChI=1S/C17H23NO3.C7H12N2O2.C2H6O/c19-11-7-5-3-1-2-4-6-10-18-17-9-8-15(13-20)16(12-17)14-21;1-9(2)5-3-4-6(10)8-7(5)11;1-3-2/h8-9,11-14,18H,1-7,10H2;5H,3-4H2,1-2H3,(H,8,10,11);1-2H3. The van der Waals surface area contributed by atoms with Crippen LogP contribution >= 0.6 is 0 Å². The Bertz CT molecular complexity index is 782. The molecule has 1 atom stereocenters. The molecule has 0 aliphatic carbocycles. The van der Waals surface area contributed by atoms with Crippen molar-refractivity contribution >= 4 is 36.4 Å². The van der Waals surface area contributed by atoms with Crippen LogP contribution < -0.4 is 10.6 Å². The molecule has 1 aromatic rings. The molecule has 35 heavy (non-hydrogen) atoms. The lowest BCUT2D eigenvalue weighted by Gasteiger charge is -2.26. The van der Waals surface area contributed by atoms with Gasteiger partial charge in [0.05, 0.1) is 6.04 Å². The van der Waals surface area contributed by atoms with Gasteiger partial charge >= 0.3 is 0 Å². The molecule has 0 radical (unpaired) electrons. The second-order valence-electron chi connectivity index (χ2n) is 8.42. The number of anilines is 1. The summed E-state index contributed by atoms with van der Waals surface area (Å²) in [6.07, 6.45) is 10.9. The highest BCUT2D eigenvalue weighted by Crippen LogP contribution is 2.14. The summed E-state index contributed by atoms with van der Waals surface area (Å²) in [6, 6.07) is 5.05. The van der Waals surface area contributed by atoms with E-state index in [9.17, 15) is 24.0 Å². The third kappa shape index (κ3) is 14.9. The monoisotopic (exact) mass is 491 g/mol. The van der Waals surface area contributed by atoms with Crippen LogP contribution in [-0.2, 0) is 19.1 Å². The molecule has 2 amide bonds. The van der Waals surface area contributed by atoms with Crippen LogP contribution in [0.1, 0.15) is 78.5 Å². The highest BCUT2D eigenvalue weighted by atomic mass is 16.4. The van der Waals surface area contributed by atoms with Crippen LogP contribution in [0.4, 0.5) is 5.69 Å². The number of imide groups is 1. The Labute approximate surface area is 209 Å². The maximum atomic E-state index is 11.1. The molecule has 0 spiro atoms. The molecule has 0 saturated carbocycles. The van der Waals surface area contributed by atoms with Crippen LogP contribution in [0.25, 0.3) is 0 Å². The first-order valence-electron chi connectivity index (χ1n) is 12.0. The first kappa shape index (κ1) is 32.1. The van der Waals surface area contributed by atoms with Gasteiger partial charge in [-0.1, -0.05) is 25.7 Å². The minimum absolute atomic E-state index is 0.132. The molecule has 2 N–H and O–H groups in total. The van der Waals surface area contributed by atoms with Gasteiger partial charge < -0.3 is 14.8 Å². The number of carbonyl (C=O) groups excluding carboxylic acids is 5. The summed E-state index contributed by atoms with van der Waals surface area (Å²) in [4.78, 5) is 55.3. The van der Waals surface area contributed by atoms with Crippen molar-refractivity contribution in [1.82, 2.24) is 10.2 Å². The highest BCUT2D eigenvalue weighted by Gasteiger charge is 2.27. The lowest BCUT2D eigenvalue weighted by molar-refractivity contribution is -0.136. The topological polar surface area (TPSA) is 122 Å². The van der Waals surface area contributed by atoms with Crippen LogP contribution in [0.5, 0.6) is 0 Å². The molecule has 1 unspecified atom stereocenters. The molecule has 1 aliphatic heterocycles. The number of aldehydes is 3. The van der Waals surface area contributed by atoms with Gasteiger partial charge in [-0.15, -0.1) is 0 Å². The van der Waals surface area contributed by atoms with E-state index in [4.69, 9.17) is 0 Å². The van der Waals surface area contributed by atoms with Gasteiger partial charge in [-0.05, 0) is 51.6 Å². The molecule has 1 aromatic carbocycles. The number of likely N-dealkylation sites (N-methyl/N-ethyl adjacent to an activating group) is 1. The molecule has 1 heterocycles. The Morgan fingerprint density at radius 2 is 1.57 bits per heavy atom. The van der Waals surface area contributed by atoms with Crippen molar-refractivity contribution in [1.29, 1.82) is 0 Å². The number of amides is 2. The maximum absolute atomic E-state index is 11.1. The van der Waals surface area contributed by atoms with E-state index in [0.717, 1.165) is 44.2 Å². The Morgan fingerprint density at radius 1 is 0.971 bits per heavy atom. The average Bonchev–Trinajstić information content (AvgIpc) is 2.83. The molecular formula is C26H41N3O6. The van der Waals surface area contributed by atoms with Crippen LogP contribution in [0.15, 0.2) is 18.2 Å². The number of nitrogens with one attached hydrogen (secondary N) is 2. The zero-order valence-corrected chi connectivity index (χ0v) is 21.5. The number of ether oxygens (including phenoxy) is 1. The summed E-state index contributed by atoms with van der Waals surface area (Å²) in [7, 11) is 6.92. The first-order valence-corrected chi connectivity index (χ1v) is 12.0. The highest BCUT2D eigenvalue weighted by molar-refractivity contribution is 6.00. The molecule has 2 rings (SSSR count). The number of hydrogen-bond acceptors (Lipinski definition) is 8. The summed E-state index contributed by atoms with van der Waals surface area (Å²) in [6.45, 7) is 0.854. The summed E-state index contributed by atoms with van der Waals surface area (Å²) >= 11 is 0. The zero-order chi connectivity index (χ0) is 26.5. The van der Waals surface area contributed by atoms with E-state index in [0.29, 0.717) is 43.0 Å². The molecule has 0 bridgehead atoms. The number of hydrogen-bond donors (Lipinski definition) is 2. The summed E-state index contributed by atoms with van der Waals surface area (Å²) in [5.41, 5.74) is 1.71. The van der Waals surface area contributed by atoms with E-state index in [2.05, 4.69) is 15.4 Å². The molecule has 9 heteroatoms. The van der Waals surface area contributed by atoms with E-state index in [1.54, 1.807) is 26.4 Å². The molecule has 196 valence electrons. The predicted octanol–water partition coefficient (Wildman–Crippen LogP) is 3.27. The predicted molar refractivity (Wildman–Crippen MR) is 137 cm³/mol. The van der Waals surface area contributed by atoms with Crippen molar-refractivity contribution in [3.8, 4) is 0 Å². The third-order valence-corrected chi connectivity index (χ3v) is 5.25. The molecule has 9 nitrogen and oxygen atoms in total. The van der Waals surface area contributed by atoms with E-state index >= 15 is 0 Å². The number of piperidine rings is 1. The smallest absolute Gasteiger partial charge is 0.243 e. The third-order valence-electron chi connectivity index (χ3n) is 5.25. The summed E-state index contributed by atoms with van der Waals surface area (Å²) in [5, 5.41) is 5.55. The zero-order valence-electron chi connectivity index (χ0n) is 21.5. The number of unbranched alkanes of at least 4 members (excludes halogenated alkanes) is 6. The van der Waals surface area contributed by atoms with Gasteiger partial charge in [-0.2, -0.15) is 0 Å². The Kier molecular flexibility index (Phi) is 18.8. The van der Waals surface area contributed by atoms with E-state index in [-0.39, 0.29) is 17.9 Å². The average molecular weight is 492 g/mol. The summed E-state index contributed by atoms with van der Waals surface area (Å²) < 4.78 is 4.25. The number of carbonyl (C=O) groups is 5. The molecular weight excluding hydrogens is 450 g/mol. The number of benzene rings is 1.